The zero-order valence-corrected chi connectivity index (χ0v) is 11.2. The van der Waals surface area contributed by atoms with Crippen LogP contribution < -0.4 is 9.47 Å². The van der Waals surface area contributed by atoms with Crippen LogP contribution in [0.3, 0.4) is 0 Å². The minimum absolute atomic E-state index is 0.282. The third kappa shape index (κ3) is 2.20. The Kier molecular flexibility index (Phi) is 2.77. The first-order valence-corrected chi connectivity index (χ1v) is 6.85. The highest BCUT2D eigenvalue weighted by atomic mass is 19.1. The molecule has 2 heterocycles. The van der Waals surface area contributed by atoms with E-state index in [0.29, 0.717) is 30.4 Å². The van der Waals surface area contributed by atoms with E-state index in [9.17, 15) is 4.39 Å². The number of hydrogen-bond acceptors (Lipinski definition) is 3. The Hall–Kier alpha value is -2.56. The molecule has 1 aliphatic rings. The summed E-state index contributed by atoms with van der Waals surface area (Å²) in [5.41, 5.74) is 2.33. The van der Waals surface area contributed by atoms with Crippen LogP contribution in [0.5, 0.6) is 11.5 Å². The fourth-order valence-corrected chi connectivity index (χ4v) is 2.44. The predicted molar refractivity (Wildman–Crippen MR) is 77.1 cm³/mol. The van der Waals surface area contributed by atoms with Crippen LogP contribution in [-0.2, 0) is 0 Å². The highest BCUT2D eigenvalue weighted by molar-refractivity contribution is 5.83. The number of aromatic nitrogens is 2. The molecule has 1 aliphatic heterocycles. The van der Waals surface area contributed by atoms with Crippen molar-refractivity contribution in [3.8, 4) is 22.9 Å². The van der Waals surface area contributed by atoms with Gasteiger partial charge in [-0.1, -0.05) is 12.1 Å². The van der Waals surface area contributed by atoms with Crippen LogP contribution in [0, 0.1) is 5.82 Å². The molecule has 21 heavy (non-hydrogen) atoms. The van der Waals surface area contributed by atoms with Crippen molar-refractivity contribution in [2.24, 2.45) is 0 Å². The highest BCUT2D eigenvalue weighted by Gasteiger charge is 2.14. The molecule has 2 aromatic carbocycles. The highest BCUT2D eigenvalue weighted by Crippen LogP contribution is 2.34. The van der Waals surface area contributed by atoms with E-state index >= 15 is 0 Å². The first-order chi connectivity index (χ1) is 10.3. The summed E-state index contributed by atoms with van der Waals surface area (Å²) in [6.07, 6.45) is 0.866. The third-order valence-corrected chi connectivity index (χ3v) is 3.45. The minimum atomic E-state index is -0.282. The summed E-state index contributed by atoms with van der Waals surface area (Å²) in [5, 5.41) is 0. The van der Waals surface area contributed by atoms with Gasteiger partial charge in [0.2, 0.25) is 0 Å². The standard InChI is InChI=1S/C16H13FN2O2/c17-11-4-1-3-10(7-11)16-18-12-8-14-15(9-13(12)19-16)21-6-2-5-20-14/h1,3-4,7-9H,2,5-6H2,(H,18,19). The topological polar surface area (TPSA) is 47.1 Å². The van der Waals surface area contributed by atoms with E-state index in [1.165, 1.54) is 12.1 Å². The lowest BCUT2D eigenvalue weighted by atomic mass is 10.2. The van der Waals surface area contributed by atoms with Crippen LogP contribution in [0.4, 0.5) is 4.39 Å². The molecule has 0 radical (unpaired) electrons. The lowest BCUT2D eigenvalue weighted by molar-refractivity contribution is 0.297. The van der Waals surface area contributed by atoms with Crippen molar-refractivity contribution in [3.63, 3.8) is 0 Å². The molecule has 0 fully saturated rings. The van der Waals surface area contributed by atoms with Gasteiger partial charge in [0.25, 0.3) is 0 Å². The second-order valence-corrected chi connectivity index (χ2v) is 4.96. The van der Waals surface area contributed by atoms with Gasteiger partial charge in [-0.15, -0.1) is 0 Å². The molecule has 3 aromatic rings. The van der Waals surface area contributed by atoms with Gasteiger partial charge in [-0.25, -0.2) is 9.37 Å². The molecule has 0 aliphatic carbocycles. The summed E-state index contributed by atoms with van der Waals surface area (Å²) in [6, 6.07) is 10.1. The zero-order valence-electron chi connectivity index (χ0n) is 11.2. The quantitative estimate of drug-likeness (QED) is 0.743. The number of benzene rings is 2. The molecule has 0 saturated heterocycles. The Labute approximate surface area is 120 Å². The van der Waals surface area contributed by atoms with E-state index in [1.54, 1.807) is 6.07 Å². The summed E-state index contributed by atoms with van der Waals surface area (Å²) >= 11 is 0. The molecular formula is C16H13FN2O2. The second-order valence-electron chi connectivity index (χ2n) is 4.96. The summed E-state index contributed by atoms with van der Waals surface area (Å²) in [7, 11) is 0. The van der Waals surface area contributed by atoms with Gasteiger partial charge >= 0.3 is 0 Å². The molecule has 0 unspecified atom stereocenters. The van der Waals surface area contributed by atoms with Crippen LogP contribution >= 0.6 is 0 Å². The van der Waals surface area contributed by atoms with Gasteiger partial charge in [0.15, 0.2) is 11.5 Å². The Morgan fingerprint density at radius 2 is 1.86 bits per heavy atom. The average molecular weight is 284 g/mol. The van der Waals surface area contributed by atoms with Crippen molar-refractivity contribution in [3.05, 3.63) is 42.2 Å². The molecular weight excluding hydrogens is 271 g/mol. The van der Waals surface area contributed by atoms with Crippen molar-refractivity contribution in [2.75, 3.05) is 13.2 Å². The smallest absolute Gasteiger partial charge is 0.163 e. The van der Waals surface area contributed by atoms with Crippen molar-refractivity contribution in [1.82, 2.24) is 9.97 Å². The average Bonchev–Trinajstić information content (AvgIpc) is 2.76. The maximum atomic E-state index is 13.3. The fourth-order valence-electron chi connectivity index (χ4n) is 2.44. The van der Waals surface area contributed by atoms with Gasteiger partial charge in [0, 0.05) is 24.1 Å². The van der Waals surface area contributed by atoms with Crippen molar-refractivity contribution in [2.45, 2.75) is 6.42 Å². The van der Waals surface area contributed by atoms with Crippen molar-refractivity contribution >= 4 is 11.0 Å². The van der Waals surface area contributed by atoms with E-state index in [4.69, 9.17) is 9.47 Å². The lowest BCUT2D eigenvalue weighted by Gasteiger charge is -2.05. The van der Waals surface area contributed by atoms with Crippen molar-refractivity contribution in [1.29, 1.82) is 0 Å². The number of hydrogen-bond donors (Lipinski definition) is 1. The summed E-state index contributed by atoms with van der Waals surface area (Å²) in [5.74, 6) is 1.77. The summed E-state index contributed by atoms with van der Waals surface area (Å²) in [4.78, 5) is 7.70. The first kappa shape index (κ1) is 12.2. The lowest BCUT2D eigenvalue weighted by Crippen LogP contribution is -1.97. The Balaban J connectivity index is 1.83. The number of imidazole rings is 1. The van der Waals surface area contributed by atoms with Crippen molar-refractivity contribution < 1.29 is 13.9 Å². The first-order valence-electron chi connectivity index (χ1n) is 6.85. The SMILES string of the molecule is Fc1cccc(-c2nc3cc4c(cc3[nH]2)OCCCO4)c1. The molecule has 0 spiro atoms. The molecule has 0 saturated carbocycles. The normalized spacial score (nSPS) is 14.1. The molecule has 0 amide bonds. The fraction of sp³-hybridized carbons (Fsp3) is 0.188. The molecule has 1 aromatic heterocycles. The van der Waals surface area contributed by atoms with E-state index in [0.717, 1.165) is 23.2 Å². The van der Waals surface area contributed by atoms with E-state index < -0.39 is 0 Å². The van der Waals surface area contributed by atoms with E-state index in [2.05, 4.69) is 9.97 Å². The monoisotopic (exact) mass is 284 g/mol. The Bertz CT molecular complexity index is 770. The number of nitrogens with zero attached hydrogens (tertiary/aromatic N) is 1. The van der Waals surface area contributed by atoms with Crippen LogP contribution in [0.15, 0.2) is 36.4 Å². The number of rotatable bonds is 1. The predicted octanol–water partition coefficient (Wildman–Crippen LogP) is 3.53. The number of ether oxygens (including phenoxy) is 2. The van der Waals surface area contributed by atoms with Gasteiger partial charge in [-0.2, -0.15) is 0 Å². The van der Waals surface area contributed by atoms with Crippen LogP contribution in [-0.4, -0.2) is 23.2 Å². The molecule has 0 bridgehead atoms. The number of halogens is 1. The minimum Gasteiger partial charge on any atom is -0.489 e. The van der Waals surface area contributed by atoms with E-state index in [1.807, 2.05) is 18.2 Å². The number of fused-ring (bicyclic) bond motifs is 2. The molecule has 4 nitrogen and oxygen atoms in total. The summed E-state index contributed by atoms with van der Waals surface area (Å²) in [6.45, 7) is 1.28. The second kappa shape index (κ2) is 4.77. The van der Waals surface area contributed by atoms with Gasteiger partial charge < -0.3 is 14.5 Å². The van der Waals surface area contributed by atoms with Gasteiger partial charge in [0.05, 0.1) is 24.2 Å². The zero-order chi connectivity index (χ0) is 14.2. The number of aromatic amines is 1. The number of H-pyrrole nitrogens is 1. The van der Waals surface area contributed by atoms with Gasteiger partial charge in [0.1, 0.15) is 11.6 Å². The molecule has 5 heteroatoms. The van der Waals surface area contributed by atoms with Gasteiger partial charge in [-0.3, -0.25) is 0 Å². The summed E-state index contributed by atoms with van der Waals surface area (Å²) < 4.78 is 24.6. The largest absolute Gasteiger partial charge is 0.489 e. The van der Waals surface area contributed by atoms with Crippen LogP contribution in [0.2, 0.25) is 0 Å². The molecule has 4 rings (SSSR count). The van der Waals surface area contributed by atoms with Crippen LogP contribution in [0.1, 0.15) is 6.42 Å². The Morgan fingerprint density at radius 1 is 1.05 bits per heavy atom. The number of nitrogens with one attached hydrogen (secondary N) is 1. The van der Waals surface area contributed by atoms with Gasteiger partial charge in [-0.05, 0) is 12.1 Å². The Morgan fingerprint density at radius 3 is 2.67 bits per heavy atom. The molecule has 1 N–H and O–H groups in total. The van der Waals surface area contributed by atoms with Crippen LogP contribution in [0.25, 0.3) is 22.4 Å². The molecule has 106 valence electrons. The third-order valence-electron chi connectivity index (χ3n) is 3.45. The van der Waals surface area contributed by atoms with E-state index in [-0.39, 0.29) is 5.82 Å². The maximum Gasteiger partial charge on any atom is 0.163 e. The maximum absolute atomic E-state index is 13.3. The molecule has 0 atom stereocenters.